The van der Waals surface area contributed by atoms with Gasteiger partial charge in [-0.2, -0.15) is 5.10 Å². The van der Waals surface area contributed by atoms with Gasteiger partial charge >= 0.3 is 0 Å². The number of hydrogen-bond donors (Lipinski definition) is 0. The van der Waals surface area contributed by atoms with Crippen LogP contribution in [0.4, 0.5) is 5.82 Å². The summed E-state index contributed by atoms with van der Waals surface area (Å²) in [7, 11) is 0. The molecule has 1 aromatic carbocycles. The molecule has 23 heavy (non-hydrogen) atoms. The lowest BCUT2D eigenvalue weighted by Gasteiger charge is -2.21. The third-order valence-electron chi connectivity index (χ3n) is 4.15. The summed E-state index contributed by atoms with van der Waals surface area (Å²) >= 11 is 3.49. The molecule has 5 heteroatoms. The van der Waals surface area contributed by atoms with E-state index in [1.165, 1.54) is 0 Å². The third kappa shape index (κ3) is 2.45. The number of furan rings is 1. The number of hydrogen-bond acceptors (Lipinski definition) is 3. The molecule has 0 unspecified atom stereocenters. The van der Waals surface area contributed by atoms with Gasteiger partial charge in [0.15, 0.2) is 5.82 Å². The number of fused-ring (bicyclic) bond motifs is 1. The molecule has 2 aromatic heterocycles. The van der Waals surface area contributed by atoms with Gasteiger partial charge in [0.25, 0.3) is 0 Å². The standard InChI is InChI=1S/C18H16BrN3O/c1-11-10-15(16-4-3-9-23-16)22-18(20-11)17(12(2)21-22)13-5-7-14(19)8-6-13/h3-9,15H,10H2,1-2H3/t15-/m1/s1. The summed E-state index contributed by atoms with van der Waals surface area (Å²) in [6, 6.07) is 12.3. The van der Waals surface area contributed by atoms with Gasteiger partial charge in [0.05, 0.1) is 12.0 Å². The first-order chi connectivity index (χ1) is 11.1. The second-order valence-electron chi connectivity index (χ2n) is 5.82. The van der Waals surface area contributed by atoms with E-state index in [4.69, 9.17) is 14.5 Å². The Kier molecular flexibility index (Phi) is 3.45. The van der Waals surface area contributed by atoms with Crippen LogP contribution in [0.15, 0.2) is 56.5 Å². The van der Waals surface area contributed by atoms with Crippen molar-refractivity contribution in [3.63, 3.8) is 0 Å². The van der Waals surface area contributed by atoms with Crippen molar-refractivity contribution in [3.8, 4) is 11.1 Å². The zero-order chi connectivity index (χ0) is 16.0. The SMILES string of the molecule is CC1=Nc2c(-c3ccc(Br)cc3)c(C)nn2[C@@H](c2ccco2)C1. The molecule has 1 aliphatic heterocycles. The fraction of sp³-hybridized carbons (Fsp3) is 0.222. The maximum atomic E-state index is 5.63. The van der Waals surface area contributed by atoms with Crippen molar-refractivity contribution >= 4 is 27.5 Å². The summed E-state index contributed by atoms with van der Waals surface area (Å²) in [4.78, 5) is 4.79. The van der Waals surface area contributed by atoms with E-state index in [0.717, 1.165) is 45.0 Å². The topological polar surface area (TPSA) is 43.3 Å². The van der Waals surface area contributed by atoms with Crippen LogP contribution in [-0.4, -0.2) is 15.5 Å². The molecule has 4 rings (SSSR count). The minimum atomic E-state index is 0.0698. The highest BCUT2D eigenvalue weighted by Crippen LogP contribution is 2.41. The monoisotopic (exact) mass is 369 g/mol. The van der Waals surface area contributed by atoms with Crippen LogP contribution in [0, 0.1) is 6.92 Å². The van der Waals surface area contributed by atoms with Crippen molar-refractivity contribution in [1.82, 2.24) is 9.78 Å². The van der Waals surface area contributed by atoms with Crippen molar-refractivity contribution < 1.29 is 4.42 Å². The zero-order valence-electron chi connectivity index (χ0n) is 13.0. The molecule has 0 bridgehead atoms. The van der Waals surface area contributed by atoms with Gasteiger partial charge in [-0.1, -0.05) is 28.1 Å². The molecule has 0 spiro atoms. The Hall–Kier alpha value is -2.14. The van der Waals surface area contributed by atoms with Gasteiger partial charge in [-0.3, -0.25) is 0 Å². The van der Waals surface area contributed by atoms with E-state index in [2.05, 4.69) is 35.0 Å². The number of aryl methyl sites for hydroxylation is 1. The number of aliphatic imine (C=N–C) groups is 1. The lowest BCUT2D eigenvalue weighted by Crippen LogP contribution is -2.18. The summed E-state index contributed by atoms with van der Waals surface area (Å²) in [5.41, 5.74) is 4.30. The van der Waals surface area contributed by atoms with Gasteiger partial charge in [0.2, 0.25) is 0 Å². The molecule has 1 aliphatic rings. The molecule has 3 heterocycles. The Morgan fingerprint density at radius 1 is 1.17 bits per heavy atom. The predicted octanol–water partition coefficient (Wildman–Crippen LogP) is 5.30. The molecule has 1 atom stereocenters. The van der Waals surface area contributed by atoms with Gasteiger partial charge in [0, 0.05) is 22.2 Å². The molecule has 0 saturated heterocycles. The zero-order valence-corrected chi connectivity index (χ0v) is 14.5. The predicted molar refractivity (Wildman–Crippen MR) is 94.3 cm³/mol. The molecule has 0 saturated carbocycles. The quantitative estimate of drug-likeness (QED) is 0.614. The largest absolute Gasteiger partial charge is 0.467 e. The number of halogens is 1. The van der Waals surface area contributed by atoms with Gasteiger partial charge in [-0.15, -0.1) is 0 Å². The Balaban J connectivity index is 1.90. The van der Waals surface area contributed by atoms with E-state index in [1.54, 1.807) is 6.26 Å². The Bertz CT molecular complexity index is 876. The van der Waals surface area contributed by atoms with Crippen molar-refractivity contribution in [1.29, 1.82) is 0 Å². The highest BCUT2D eigenvalue weighted by atomic mass is 79.9. The Morgan fingerprint density at radius 3 is 2.65 bits per heavy atom. The maximum absolute atomic E-state index is 5.63. The van der Waals surface area contributed by atoms with Crippen LogP contribution < -0.4 is 0 Å². The summed E-state index contributed by atoms with van der Waals surface area (Å²) in [6.45, 7) is 4.10. The van der Waals surface area contributed by atoms with E-state index < -0.39 is 0 Å². The van der Waals surface area contributed by atoms with Gasteiger partial charge < -0.3 is 4.42 Å². The fourth-order valence-electron chi connectivity index (χ4n) is 3.11. The summed E-state index contributed by atoms with van der Waals surface area (Å²) in [6.07, 6.45) is 2.53. The van der Waals surface area contributed by atoms with E-state index in [9.17, 15) is 0 Å². The van der Waals surface area contributed by atoms with Crippen LogP contribution in [0.5, 0.6) is 0 Å². The highest BCUT2D eigenvalue weighted by Gasteiger charge is 2.29. The molecule has 0 fully saturated rings. The Labute approximate surface area is 143 Å². The minimum Gasteiger partial charge on any atom is -0.467 e. The Morgan fingerprint density at radius 2 is 1.96 bits per heavy atom. The van der Waals surface area contributed by atoms with Crippen molar-refractivity contribution in [2.75, 3.05) is 0 Å². The molecule has 4 nitrogen and oxygen atoms in total. The molecule has 0 aliphatic carbocycles. The second-order valence-corrected chi connectivity index (χ2v) is 6.73. The van der Waals surface area contributed by atoms with Crippen LogP contribution in [0.1, 0.15) is 30.8 Å². The van der Waals surface area contributed by atoms with E-state index in [-0.39, 0.29) is 6.04 Å². The van der Waals surface area contributed by atoms with Crippen LogP contribution in [-0.2, 0) is 0 Å². The van der Waals surface area contributed by atoms with Crippen molar-refractivity contribution in [3.05, 3.63) is 58.6 Å². The van der Waals surface area contributed by atoms with Crippen LogP contribution >= 0.6 is 15.9 Å². The highest BCUT2D eigenvalue weighted by molar-refractivity contribution is 9.10. The smallest absolute Gasteiger partial charge is 0.159 e. The van der Waals surface area contributed by atoms with Crippen molar-refractivity contribution in [2.24, 2.45) is 4.99 Å². The normalized spacial score (nSPS) is 17.0. The van der Waals surface area contributed by atoms with Crippen LogP contribution in [0.25, 0.3) is 11.1 Å². The average molecular weight is 370 g/mol. The molecule has 116 valence electrons. The van der Waals surface area contributed by atoms with Gasteiger partial charge in [0.1, 0.15) is 11.8 Å². The van der Waals surface area contributed by atoms with Crippen LogP contribution in [0.2, 0.25) is 0 Å². The first-order valence-electron chi connectivity index (χ1n) is 7.56. The summed E-state index contributed by atoms with van der Waals surface area (Å²) in [5, 5.41) is 4.76. The number of aromatic nitrogens is 2. The summed E-state index contributed by atoms with van der Waals surface area (Å²) in [5.74, 6) is 1.83. The molecule has 0 N–H and O–H groups in total. The molecule has 0 amide bonds. The first kappa shape index (κ1) is 14.5. The van der Waals surface area contributed by atoms with E-state index in [1.807, 2.05) is 35.9 Å². The first-order valence-corrected chi connectivity index (χ1v) is 8.35. The maximum Gasteiger partial charge on any atom is 0.159 e. The lowest BCUT2D eigenvalue weighted by atomic mass is 10.0. The summed E-state index contributed by atoms with van der Waals surface area (Å²) < 4.78 is 8.69. The number of benzene rings is 1. The second kappa shape index (κ2) is 5.49. The van der Waals surface area contributed by atoms with E-state index >= 15 is 0 Å². The average Bonchev–Trinajstić information content (AvgIpc) is 3.15. The fourth-order valence-corrected chi connectivity index (χ4v) is 3.37. The molecule has 3 aromatic rings. The van der Waals surface area contributed by atoms with E-state index in [0.29, 0.717) is 0 Å². The minimum absolute atomic E-state index is 0.0698. The number of rotatable bonds is 2. The van der Waals surface area contributed by atoms with Crippen LogP contribution in [0.3, 0.4) is 0 Å². The molecule has 0 radical (unpaired) electrons. The number of nitrogens with zero attached hydrogens (tertiary/aromatic N) is 3. The molecular formula is C18H16BrN3O. The van der Waals surface area contributed by atoms with Gasteiger partial charge in [-0.25, -0.2) is 9.67 Å². The molecular weight excluding hydrogens is 354 g/mol. The lowest BCUT2D eigenvalue weighted by molar-refractivity contribution is 0.409. The van der Waals surface area contributed by atoms with Gasteiger partial charge in [-0.05, 0) is 43.7 Å². The van der Waals surface area contributed by atoms with Crippen molar-refractivity contribution in [2.45, 2.75) is 26.3 Å². The third-order valence-corrected chi connectivity index (χ3v) is 4.67.